The number of piperidine rings is 1. The molecule has 4 atom stereocenters. The first-order valence-electron chi connectivity index (χ1n) is 18.3. The molecule has 0 radical (unpaired) electrons. The van der Waals surface area contributed by atoms with Gasteiger partial charge in [-0.2, -0.15) is 0 Å². The van der Waals surface area contributed by atoms with Crippen molar-refractivity contribution >= 4 is 29.7 Å². The number of benzene rings is 1. The fourth-order valence-electron chi connectivity index (χ4n) is 7.42. The predicted molar refractivity (Wildman–Crippen MR) is 188 cm³/mol. The highest BCUT2D eigenvalue weighted by Gasteiger charge is 2.48. The lowest BCUT2D eigenvalue weighted by molar-refractivity contribution is -0.148. The van der Waals surface area contributed by atoms with E-state index >= 15 is 0 Å². The van der Waals surface area contributed by atoms with Crippen LogP contribution >= 0.6 is 0 Å². The van der Waals surface area contributed by atoms with Crippen LogP contribution in [0.25, 0.3) is 0 Å². The quantitative estimate of drug-likeness (QED) is 0.245. The second-order valence-corrected chi connectivity index (χ2v) is 14.9. The normalized spacial score (nSPS) is 23.6. The largest absolute Gasteiger partial charge is 0.491 e. The Morgan fingerprint density at radius 1 is 0.923 bits per heavy atom. The third-order valence-corrected chi connectivity index (χ3v) is 10.0. The molecule has 1 unspecified atom stereocenters. The summed E-state index contributed by atoms with van der Waals surface area (Å²) in [5.74, 6) is 0.323. The number of likely N-dealkylation sites (tertiary alicyclic amines) is 1. The fraction of sp³-hybridized carbons (Fsp3) is 0.579. The SMILES string of the molecule is CC(C)(C)OC(=O)N[C@H]1CCC[C@H]2CC[C@@H](C(=O)N3CC(c4cnccc4OCCOCCOc4ccc(C5CCC(=O)NC5=O)cc4)C3)N2C1=O. The summed E-state index contributed by atoms with van der Waals surface area (Å²) in [6.07, 6.45) is 7.15. The number of carbonyl (C=O) groups excluding carboxylic acids is 5. The van der Waals surface area contributed by atoms with Gasteiger partial charge in [-0.25, -0.2) is 4.79 Å². The van der Waals surface area contributed by atoms with Crippen LogP contribution in [0.15, 0.2) is 42.7 Å². The molecule has 5 heterocycles. The van der Waals surface area contributed by atoms with Crippen LogP contribution < -0.4 is 20.1 Å². The molecule has 4 fully saturated rings. The highest BCUT2D eigenvalue weighted by molar-refractivity contribution is 6.01. The van der Waals surface area contributed by atoms with Gasteiger partial charge in [0.2, 0.25) is 23.6 Å². The monoisotopic (exact) mass is 719 g/mol. The van der Waals surface area contributed by atoms with E-state index in [1.807, 2.05) is 30.3 Å². The van der Waals surface area contributed by atoms with Gasteiger partial charge in [0.25, 0.3) is 0 Å². The summed E-state index contributed by atoms with van der Waals surface area (Å²) in [6.45, 7) is 7.72. The molecule has 4 saturated heterocycles. The molecule has 1 aromatic heterocycles. The number of nitrogens with zero attached hydrogens (tertiary/aromatic N) is 3. The molecule has 14 nitrogen and oxygen atoms in total. The maximum atomic E-state index is 13.7. The molecule has 2 aromatic rings. The first-order chi connectivity index (χ1) is 25.0. The van der Waals surface area contributed by atoms with Crippen molar-refractivity contribution in [3.8, 4) is 11.5 Å². The molecule has 0 spiro atoms. The number of carbonyl (C=O) groups is 5. The number of pyridine rings is 1. The topological polar surface area (TPSA) is 166 Å². The molecule has 280 valence electrons. The first kappa shape index (κ1) is 37.1. The van der Waals surface area contributed by atoms with Gasteiger partial charge in [0, 0.05) is 49.4 Å². The number of nitrogens with one attached hydrogen (secondary N) is 2. The van der Waals surface area contributed by atoms with E-state index in [0.29, 0.717) is 76.7 Å². The highest BCUT2D eigenvalue weighted by Crippen LogP contribution is 2.37. The third kappa shape index (κ3) is 9.01. The van der Waals surface area contributed by atoms with Gasteiger partial charge in [0.15, 0.2) is 0 Å². The third-order valence-electron chi connectivity index (χ3n) is 10.0. The van der Waals surface area contributed by atoms with Gasteiger partial charge in [0.05, 0.1) is 19.1 Å². The molecular formula is C38H49N5O9. The lowest BCUT2D eigenvalue weighted by Crippen LogP contribution is -2.58. The van der Waals surface area contributed by atoms with Crippen LogP contribution in [-0.4, -0.2) is 108 Å². The molecule has 1 aromatic carbocycles. The maximum absolute atomic E-state index is 13.7. The lowest BCUT2D eigenvalue weighted by atomic mass is 9.90. The average Bonchev–Trinajstić information content (AvgIpc) is 3.44. The van der Waals surface area contributed by atoms with Crippen LogP contribution in [0, 0.1) is 0 Å². The van der Waals surface area contributed by atoms with Crippen molar-refractivity contribution in [2.24, 2.45) is 0 Å². The number of hydrogen-bond acceptors (Lipinski definition) is 10. The summed E-state index contributed by atoms with van der Waals surface area (Å²) in [7, 11) is 0. The van der Waals surface area contributed by atoms with Crippen molar-refractivity contribution < 1.29 is 42.9 Å². The molecule has 0 saturated carbocycles. The molecule has 5 amide bonds. The van der Waals surface area contributed by atoms with E-state index in [2.05, 4.69) is 15.6 Å². The Hall–Kier alpha value is -4.72. The van der Waals surface area contributed by atoms with Crippen molar-refractivity contribution in [1.82, 2.24) is 25.4 Å². The van der Waals surface area contributed by atoms with Gasteiger partial charge in [-0.3, -0.25) is 29.5 Å². The molecule has 6 rings (SSSR count). The summed E-state index contributed by atoms with van der Waals surface area (Å²) in [6, 6.07) is 7.86. The summed E-state index contributed by atoms with van der Waals surface area (Å²) >= 11 is 0. The minimum absolute atomic E-state index is 0.00511. The van der Waals surface area contributed by atoms with E-state index in [9.17, 15) is 24.0 Å². The van der Waals surface area contributed by atoms with Crippen LogP contribution in [0.1, 0.15) is 88.7 Å². The number of fused-ring (bicyclic) bond motifs is 1. The standard InChI is InChI=1S/C38H49N5O9/c1-38(2,3)52-37(48)40-30-6-4-5-26-9-13-31(43(26)35(30)46)36(47)42-22-25(23-42)29-21-39-16-15-32(29)51-20-18-49-17-19-50-27-10-7-24(8-11-27)28-12-14-33(44)41-34(28)45/h7-8,10-11,15-16,21,25-26,28,30-31H,4-6,9,12-14,17-20,22-23H2,1-3H3,(H,40,48)(H,41,44,45)/t26-,28?,30-,31-/m0/s1. The molecule has 0 bridgehead atoms. The molecule has 52 heavy (non-hydrogen) atoms. The van der Waals surface area contributed by atoms with Crippen LogP contribution in [-0.2, 0) is 28.7 Å². The number of ether oxygens (including phenoxy) is 4. The smallest absolute Gasteiger partial charge is 0.408 e. The van der Waals surface area contributed by atoms with Crippen molar-refractivity contribution in [2.75, 3.05) is 39.5 Å². The molecule has 4 aliphatic heterocycles. The Morgan fingerprint density at radius 3 is 2.40 bits per heavy atom. The Balaban J connectivity index is 0.921. The van der Waals surface area contributed by atoms with E-state index in [1.54, 1.807) is 43.0 Å². The van der Waals surface area contributed by atoms with Crippen molar-refractivity contribution in [3.05, 3.63) is 53.9 Å². The van der Waals surface area contributed by atoms with Gasteiger partial charge in [0.1, 0.15) is 42.4 Å². The zero-order valence-electron chi connectivity index (χ0n) is 30.1. The number of hydrogen-bond donors (Lipinski definition) is 2. The fourth-order valence-corrected chi connectivity index (χ4v) is 7.42. The number of amides is 5. The molecule has 14 heteroatoms. The van der Waals surface area contributed by atoms with Crippen molar-refractivity contribution in [2.45, 2.75) is 101 Å². The Bertz CT molecular complexity index is 1620. The van der Waals surface area contributed by atoms with E-state index in [0.717, 1.165) is 30.4 Å². The first-order valence-corrected chi connectivity index (χ1v) is 18.3. The molecule has 0 aliphatic carbocycles. The predicted octanol–water partition coefficient (Wildman–Crippen LogP) is 3.44. The number of imide groups is 1. The summed E-state index contributed by atoms with van der Waals surface area (Å²) in [4.78, 5) is 71.2. The minimum atomic E-state index is -0.713. The summed E-state index contributed by atoms with van der Waals surface area (Å²) in [5, 5.41) is 5.13. The van der Waals surface area contributed by atoms with E-state index < -0.39 is 23.8 Å². The Labute approximate surface area is 303 Å². The van der Waals surface area contributed by atoms with Gasteiger partial charge < -0.3 is 34.1 Å². The highest BCUT2D eigenvalue weighted by atomic mass is 16.6. The molecular weight excluding hydrogens is 670 g/mol. The van der Waals surface area contributed by atoms with E-state index in [1.165, 1.54) is 0 Å². The minimum Gasteiger partial charge on any atom is -0.491 e. The van der Waals surface area contributed by atoms with E-state index in [-0.39, 0.29) is 41.5 Å². The zero-order valence-corrected chi connectivity index (χ0v) is 30.1. The molecule has 2 N–H and O–H groups in total. The summed E-state index contributed by atoms with van der Waals surface area (Å²) < 4.78 is 22.9. The second-order valence-electron chi connectivity index (χ2n) is 14.9. The average molecular weight is 720 g/mol. The van der Waals surface area contributed by atoms with Crippen LogP contribution in [0.4, 0.5) is 4.79 Å². The second kappa shape index (κ2) is 16.3. The number of alkyl carbamates (subject to hydrolysis) is 1. The Kier molecular flexibility index (Phi) is 11.6. The van der Waals surface area contributed by atoms with Crippen molar-refractivity contribution in [1.29, 1.82) is 0 Å². The van der Waals surface area contributed by atoms with Gasteiger partial charge in [-0.1, -0.05) is 12.1 Å². The maximum Gasteiger partial charge on any atom is 0.408 e. The number of aromatic nitrogens is 1. The van der Waals surface area contributed by atoms with Crippen molar-refractivity contribution in [3.63, 3.8) is 0 Å². The van der Waals surface area contributed by atoms with Gasteiger partial charge >= 0.3 is 6.09 Å². The lowest BCUT2D eigenvalue weighted by Gasteiger charge is -2.42. The molecule has 4 aliphatic rings. The Morgan fingerprint density at radius 2 is 1.67 bits per heavy atom. The zero-order chi connectivity index (χ0) is 36.8. The number of rotatable bonds is 12. The summed E-state index contributed by atoms with van der Waals surface area (Å²) in [5.41, 5.74) is 1.10. The van der Waals surface area contributed by atoms with Gasteiger partial charge in [-0.05, 0) is 83.1 Å². The van der Waals surface area contributed by atoms with E-state index in [4.69, 9.17) is 18.9 Å². The van der Waals surface area contributed by atoms with Crippen LogP contribution in [0.2, 0.25) is 0 Å². The van der Waals surface area contributed by atoms with Crippen LogP contribution in [0.3, 0.4) is 0 Å². The van der Waals surface area contributed by atoms with Crippen LogP contribution in [0.5, 0.6) is 11.5 Å². The van der Waals surface area contributed by atoms with Gasteiger partial charge in [-0.15, -0.1) is 0 Å².